The quantitative estimate of drug-likeness (QED) is 0.716. The molecule has 0 saturated carbocycles. The molecule has 3 rings (SSSR count). The van der Waals surface area contributed by atoms with E-state index in [0.717, 1.165) is 16.8 Å². The molecule has 0 saturated heterocycles. The Balaban J connectivity index is 0.00000120. The lowest BCUT2D eigenvalue weighted by atomic mass is 9.77. The van der Waals surface area contributed by atoms with Crippen LogP contribution in [0.3, 0.4) is 0 Å². The summed E-state index contributed by atoms with van der Waals surface area (Å²) in [5.74, 6) is 0.763. The summed E-state index contributed by atoms with van der Waals surface area (Å²) >= 11 is 0. The summed E-state index contributed by atoms with van der Waals surface area (Å²) in [4.78, 5) is 0. The molecule has 18 heavy (non-hydrogen) atoms. The van der Waals surface area contributed by atoms with E-state index >= 15 is 0 Å². The van der Waals surface area contributed by atoms with E-state index in [-0.39, 0.29) is 31.2 Å². The van der Waals surface area contributed by atoms with Crippen LogP contribution in [0.4, 0.5) is 0 Å². The van der Waals surface area contributed by atoms with Gasteiger partial charge in [0.25, 0.3) is 0 Å². The number of rotatable bonds is 2. The molecule has 0 aromatic heterocycles. The molecule has 7 heteroatoms. The average molecular weight is 272 g/mol. The maximum atomic E-state index is 9.16. The summed E-state index contributed by atoms with van der Waals surface area (Å²) in [5, 5.41) is 9.16. The van der Waals surface area contributed by atoms with Gasteiger partial charge in [-0.05, 0) is 11.6 Å². The van der Waals surface area contributed by atoms with E-state index in [1.807, 2.05) is 18.2 Å². The number of hydrogen-bond acceptors (Lipinski definition) is 5. The smallest absolute Gasteiger partial charge is 0.491 e. The van der Waals surface area contributed by atoms with Gasteiger partial charge in [0.2, 0.25) is 0 Å². The van der Waals surface area contributed by atoms with Gasteiger partial charge in [-0.1, -0.05) is 12.1 Å². The van der Waals surface area contributed by atoms with Gasteiger partial charge < -0.3 is 24.9 Å². The van der Waals surface area contributed by atoms with Crippen molar-refractivity contribution in [2.75, 3.05) is 19.8 Å². The van der Waals surface area contributed by atoms with Gasteiger partial charge in [0, 0.05) is 12.0 Å². The molecule has 0 amide bonds. The second-order valence-corrected chi connectivity index (χ2v) is 4.20. The first-order chi connectivity index (χ1) is 8.33. The van der Waals surface area contributed by atoms with Crippen LogP contribution >= 0.6 is 12.4 Å². The summed E-state index contributed by atoms with van der Waals surface area (Å²) in [6, 6.07) is 5.78. The normalized spacial score (nSPS) is 24.9. The zero-order chi connectivity index (χ0) is 11.8. The molecular formula is C11H15BClNO4. The first-order valence-corrected chi connectivity index (χ1v) is 5.71. The van der Waals surface area contributed by atoms with Crippen LogP contribution in [0.25, 0.3) is 0 Å². The molecule has 0 fully saturated rings. The van der Waals surface area contributed by atoms with Crippen molar-refractivity contribution in [2.24, 2.45) is 5.73 Å². The fourth-order valence-electron chi connectivity index (χ4n) is 2.29. The Bertz CT molecular complexity index is 434. The zero-order valence-corrected chi connectivity index (χ0v) is 10.6. The third kappa shape index (κ3) is 2.11. The maximum absolute atomic E-state index is 9.16. The van der Waals surface area contributed by atoms with Gasteiger partial charge in [-0.25, -0.2) is 0 Å². The highest BCUT2D eigenvalue weighted by atomic mass is 35.5. The summed E-state index contributed by atoms with van der Waals surface area (Å²) < 4.78 is 17.0. The SMILES string of the molecule is Cl.NC[C@H]1OB2O[C@H](CO)COc3cccc1c32. The molecule has 1 aromatic rings. The van der Waals surface area contributed by atoms with Gasteiger partial charge in [-0.2, -0.15) is 0 Å². The summed E-state index contributed by atoms with van der Waals surface area (Å²) in [7, 11) is -0.477. The topological polar surface area (TPSA) is 73.9 Å². The minimum absolute atomic E-state index is 0. The first kappa shape index (κ1) is 13.6. The molecule has 1 aromatic carbocycles. The Labute approximate surface area is 112 Å². The second-order valence-electron chi connectivity index (χ2n) is 4.20. The second kappa shape index (κ2) is 5.46. The number of aliphatic hydroxyl groups is 1. The molecule has 2 aliphatic rings. The van der Waals surface area contributed by atoms with E-state index in [9.17, 15) is 0 Å². The highest BCUT2D eigenvalue weighted by molar-refractivity contribution is 6.64. The van der Waals surface area contributed by atoms with Gasteiger partial charge in [-0.3, -0.25) is 0 Å². The van der Waals surface area contributed by atoms with Crippen molar-refractivity contribution in [3.63, 3.8) is 0 Å². The predicted octanol–water partition coefficient (Wildman–Crippen LogP) is -0.397. The molecule has 0 aliphatic carbocycles. The molecule has 98 valence electrons. The van der Waals surface area contributed by atoms with Gasteiger partial charge in [0.05, 0.1) is 12.7 Å². The average Bonchev–Trinajstić information content (AvgIpc) is 2.61. The molecule has 3 N–H and O–H groups in total. The van der Waals surface area contributed by atoms with E-state index in [0.29, 0.717) is 13.2 Å². The van der Waals surface area contributed by atoms with Crippen molar-refractivity contribution in [3.8, 4) is 5.75 Å². The molecule has 2 aliphatic heterocycles. The third-order valence-electron chi connectivity index (χ3n) is 3.13. The van der Waals surface area contributed by atoms with E-state index in [1.54, 1.807) is 0 Å². The van der Waals surface area contributed by atoms with Crippen molar-refractivity contribution in [2.45, 2.75) is 12.2 Å². The summed E-state index contributed by atoms with van der Waals surface area (Å²) in [6.45, 7) is 0.649. The molecule has 2 heterocycles. The molecule has 2 atom stereocenters. The van der Waals surface area contributed by atoms with Gasteiger partial charge in [0.15, 0.2) is 0 Å². The lowest BCUT2D eigenvalue weighted by Crippen LogP contribution is -2.36. The molecule has 5 nitrogen and oxygen atoms in total. The Morgan fingerprint density at radius 1 is 1.39 bits per heavy atom. The molecule has 0 spiro atoms. The van der Waals surface area contributed by atoms with Crippen molar-refractivity contribution in [1.29, 1.82) is 0 Å². The lowest BCUT2D eigenvalue weighted by Gasteiger charge is -2.16. The molecular weight excluding hydrogens is 256 g/mol. The van der Waals surface area contributed by atoms with E-state index in [4.69, 9.17) is 24.9 Å². The number of halogens is 1. The number of aliphatic hydroxyl groups excluding tert-OH is 1. The summed E-state index contributed by atoms with van der Waals surface area (Å²) in [5.41, 5.74) is 7.61. The maximum Gasteiger partial charge on any atom is 0.498 e. The van der Waals surface area contributed by atoms with Crippen LogP contribution in [-0.4, -0.2) is 38.1 Å². The van der Waals surface area contributed by atoms with E-state index < -0.39 is 7.12 Å². The van der Waals surface area contributed by atoms with Crippen molar-refractivity contribution < 1.29 is 19.2 Å². The Morgan fingerprint density at radius 3 is 2.94 bits per heavy atom. The van der Waals surface area contributed by atoms with Gasteiger partial charge in [-0.15, -0.1) is 12.4 Å². The Kier molecular flexibility index (Phi) is 4.14. The van der Waals surface area contributed by atoms with Gasteiger partial charge >= 0.3 is 7.12 Å². The van der Waals surface area contributed by atoms with Crippen LogP contribution in [0, 0.1) is 0 Å². The summed E-state index contributed by atoms with van der Waals surface area (Å²) in [6.07, 6.45) is -0.521. The third-order valence-corrected chi connectivity index (χ3v) is 3.13. The highest BCUT2D eigenvalue weighted by Crippen LogP contribution is 2.30. The molecule has 0 bridgehead atoms. The van der Waals surface area contributed by atoms with Crippen LogP contribution in [0.5, 0.6) is 5.75 Å². The standard InChI is InChI=1S/C11H14BNO4.ClH/c13-4-10-8-2-1-3-9-11(8)12(17-10)16-7(5-14)6-15-9;/h1-3,7,10,14H,4-6,13H2;1H/t7-,10-;/m1./s1. The lowest BCUT2D eigenvalue weighted by molar-refractivity contribution is 0.0498. The molecule has 0 radical (unpaired) electrons. The number of hydrogen-bond donors (Lipinski definition) is 2. The van der Waals surface area contributed by atoms with Crippen LogP contribution in [0.15, 0.2) is 18.2 Å². The fraction of sp³-hybridized carbons (Fsp3) is 0.455. The predicted molar refractivity (Wildman–Crippen MR) is 69.4 cm³/mol. The van der Waals surface area contributed by atoms with Crippen LogP contribution in [-0.2, 0) is 9.31 Å². The monoisotopic (exact) mass is 271 g/mol. The largest absolute Gasteiger partial charge is 0.498 e. The number of nitrogens with two attached hydrogens (primary N) is 1. The van der Waals surface area contributed by atoms with Crippen molar-refractivity contribution in [3.05, 3.63) is 23.8 Å². The van der Waals surface area contributed by atoms with Crippen LogP contribution in [0.2, 0.25) is 0 Å². The Hall–Kier alpha value is -0.785. The number of ether oxygens (including phenoxy) is 1. The minimum Gasteiger partial charge on any atom is -0.491 e. The Morgan fingerprint density at radius 2 is 2.22 bits per heavy atom. The number of benzene rings is 1. The van der Waals surface area contributed by atoms with E-state index in [1.165, 1.54) is 0 Å². The van der Waals surface area contributed by atoms with Crippen molar-refractivity contribution in [1.82, 2.24) is 0 Å². The molecule has 0 unspecified atom stereocenters. The fourth-order valence-corrected chi connectivity index (χ4v) is 2.29. The van der Waals surface area contributed by atoms with Crippen molar-refractivity contribution >= 4 is 25.0 Å². The van der Waals surface area contributed by atoms with E-state index in [2.05, 4.69) is 0 Å². The van der Waals surface area contributed by atoms with Crippen LogP contribution in [0.1, 0.15) is 11.7 Å². The van der Waals surface area contributed by atoms with Crippen LogP contribution < -0.4 is 15.9 Å². The minimum atomic E-state index is -0.477. The zero-order valence-electron chi connectivity index (χ0n) is 9.74. The highest BCUT2D eigenvalue weighted by Gasteiger charge is 2.42. The van der Waals surface area contributed by atoms with Gasteiger partial charge in [0.1, 0.15) is 18.5 Å². The first-order valence-electron chi connectivity index (χ1n) is 5.71.